The maximum absolute atomic E-state index is 13.1. The molecular weight excluding hydrogens is 926 g/mol. The molecule has 4 saturated heterocycles. The maximum Gasteiger partial charge on any atom is 0.494 e. The molecule has 0 radical (unpaired) electrons. The number of carbonyl (C=O) groups excluding carboxylic acids is 2. The lowest BCUT2D eigenvalue weighted by Gasteiger charge is -2.32. The van der Waals surface area contributed by atoms with Gasteiger partial charge in [0.2, 0.25) is 0 Å². The maximum atomic E-state index is 13.1. The predicted molar refractivity (Wildman–Crippen MR) is 287 cm³/mol. The number of hydrogen-bond acceptors (Lipinski definition) is 11. The normalized spacial score (nSPS) is 21.5. The van der Waals surface area contributed by atoms with Crippen molar-refractivity contribution in [3.05, 3.63) is 72.6 Å². The van der Waals surface area contributed by atoms with Crippen LogP contribution < -0.4 is 10.9 Å². The quantitative estimate of drug-likeness (QED) is 0.113. The van der Waals surface area contributed by atoms with Gasteiger partial charge in [-0.3, -0.25) is 9.80 Å². The Balaban J connectivity index is 0.000000216. The van der Waals surface area contributed by atoms with Gasteiger partial charge in [-0.25, -0.2) is 19.6 Å². The number of carbonyl (C=O) groups is 2. The summed E-state index contributed by atoms with van der Waals surface area (Å²) < 4.78 is 44.4. The van der Waals surface area contributed by atoms with Gasteiger partial charge in [0, 0.05) is 27.8 Å². The number of H-pyrrole nitrogens is 1. The van der Waals surface area contributed by atoms with Crippen LogP contribution in [0.5, 0.6) is 0 Å². The summed E-state index contributed by atoms with van der Waals surface area (Å²) in [5.74, 6) is 1.62. The second-order valence-corrected chi connectivity index (χ2v) is 30.7. The van der Waals surface area contributed by atoms with Crippen molar-refractivity contribution >= 4 is 45.4 Å². The number of rotatable bonds is 11. The van der Waals surface area contributed by atoms with Gasteiger partial charge in [0.25, 0.3) is 0 Å². The van der Waals surface area contributed by atoms with Gasteiger partial charge >= 0.3 is 26.4 Å². The largest absolute Gasteiger partial charge is 0.494 e. The van der Waals surface area contributed by atoms with Gasteiger partial charge in [-0.2, -0.15) is 0 Å². The van der Waals surface area contributed by atoms with Gasteiger partial charge in [-0.1, -0.05) is 68.2 Å². The van der Waals surface area contributed by atoms with Crippen molar-refractivity contribution in [2.24, 2.45) is 0 Å². The summed E-state index contributed by atoms with van der Waals surface area (Å²) in [7, 11) is -2.02. The van der Waals surface area contributed by atoms with E-state index in [2.05, 4.69) is 114 Å². The molecule has 0 bridgehead atoms. The number of hydrogen-bond donors (Lipinski definition) is 1. The number of aromatic nitrogens is 4. The summed E-state index contributed by atoms with van der Waals surface area (Å²) in [5, 5.41) is 0. The highest BCUT2D eigenvalue weighted by Crippen LogP contribution is 2.39. The SMILES string of the molecule is CC(C)(C)OC(=O)N1CCCC1c1ncc(-c2ccc(B3OC(C)(C)C(C)(C)O3)cc2)[nH]1.CC(C)(C)OC(=O)N1CCCC1c1ncc(-c2ccc(B3OC(C)(C)C(C)(C)O3)cc2)n1COCC[Si](C)(C)C. The molecule has 4 fully saturated rings. The first-order chi connectivity index (χ1) is 33.3. The minimum Gasteiger partial charge on any atom is -0.444 e. The van der Waals surface area contributed by atoms with Crippen molar-refractivity contribution in [3.8, 4) is 22.5 Å². The van der Waals surface area contributed by atoms with E-state index < -0.39 is 37.6 Å². The van der Waals surface area contributed by atoms with E-state index in [-0.39, 0.29) is 42.6 Å². The Morgan fingerprint density at radius 2 is 1.11 bits per heavy atom. The molecular formula is C54H82B2N6O9Si. The predicted octanol–water partition coefficient (Wildman–Crippen LogP) is 10.7. The van der Waals surface area contributed by atoms with E-state index in [1.165, 1.54) is 0 Å². The van der Waals surface area contributed by atoms with Crippen LogP contribution in [0.2, 0.25) is 25.7 Å². The lowest BCUT2D eigenvalue weighted by atomic mass is 9.79. The summed E-state index contributed by atoms with van der Waals surface area (Å²) in [4.78, 5) is 42.1. The Morgan fingerprint density at radius 1 is 0.667 bits per heavy atom. The van der Waals surface area contributed by atoms with Crippen molar-refractivity contribution in [1.29, 1.82) is 0 Å². The Morgan fingerprint density at radius 3 is 1.57 bits per heavy atom. The standard InChI is InChI=1S/C30H48BN3O5Si.C24H34BN3O4/c1-28(2,3)37-27(35)33-17-11-12-24(33)26-32-20-25(34(26)21-36-18-19-40(8,9)10)22-13-15-23(16-14-22)31-38-29(4,5)30(6,7)39-31;1-22(2,3)30-21(29)28-14-8-9-19(28)20-26-15-18(27-20)16-10-12-17(13-11-16)25-31-23(4,5)24(6,7)32-25/h13-16,20,24H,11-12,17-19,21H2,1-10H3;10-13,15,19H,8-9,14H2,1-7H3,(H,26,27). The fraction of sp³-hybridized carbons (Fsp3) is 0.630. The molecule has 4 aliphatic heterocycles. The van der Waals surface area contributed by atoms with Crippen LogP contribution in [0.25, 0.3) is 22.5 Å². The summed E-state index contributed by atoms with van der Waals surface area (Å²) in [6.45, 7) is 37.3. The molecule has 15 nitrogen and oxygen atoms in total. The van der Waals surface area contributed by atoms with Gasteiger partial charge < -0.3 is 42.4 Å². The lowest BCUT2D eigenvalue weighted by Crippen LogP contribution is -2.41. The van der Waals surface area contributed by atoms with Crippen molar-refractivity contribution in [2.75, 3.05) is 19.7 Å². The van der Waals surface area contributed by atoms with Crippen molar-refractivity contribution < 1.29 is 42.4 Å². The minimum atomic E-state index is -1.23. The number of ether oxygens (including phenoxy) is 3. The van der Waals surface area contributed by atoms with E-state index >= 15 is 0 Å². The zero-order chi connectivity index (χ0) is 52.8. The Labute approximate surface area is 431 Å². The molecule has 6 heterocycles. The van der Waals surface area contributed by atoms with Crippen LogP contribution in [0.4, 0.5) is 9.59 Å². The molecule has 0 spiro atoms. The van der Waals surface area contributed by atoms with Crippen LogP contribution in [-0.2, 0) is 39.6 Å². The molecule has 2 aromatic carbocycles. The highest BCUT2D eigenvalue weighted by Gasteiger charge is 2.53. The molecule has 72 heavy (non-hydrogen) atoms. The fourth-order valence-corrected chi connectivity index (χ4v) is 9.72. The number of amides is 2. The molecule has 4 aliphatic rings. The van der Waals surface area contributed by atoms with Crippen LogP contribution in [-0.4, -0.2) is 117 Å². The Bertz CT molecular complexity index is 2470. The van der Waals surface area contributed by atoms with E-state index in [1.54, 1.807) is 4.90 Å². The number of imidazole rings is 2. The lowest BCUT2D eigenvalue weighted by molar-refractivity contribution is 0.00578. The van der Waals surface area contributed by atoms with E-state index in [4.69, 9.17) is 37.8 Å². The molecule has 2 unspecified atom stereocenters. The molecule has 2 amide bonds. The average molecular weight is 1010 g/mol. The zero-order valence-corrected chi connectivity index (χ0v) is 47.4. The second-order valence-electron chi connectivity index (χ2n) is 25.0. The van der Waals surface area contributed by atoms with Crippen molar-refractivity contribution in [2.45, 2.75) is 201 Å². The average Bonchev–Trinajstić information content (AvgIpc) is 4.12. The van der Waals surface area contributed by atoms with Crippen LogP contribution >= 0.6 is 0 Å². The molecule has 2 atom stereocenters. The molecule has 0 saturated carbocycles. The van der Waals surface area contributed by atoms with E-state index in [0.717, 1.165) is 76.8 Å². The van der Waals surface area contributed by atoms with Crippen molar-refractivity contribution in [3.63, 3.8) is 0 Å². The zero-order valence-electron chi connectivity index (χ0n) is 46.4. The third-order valence-corrected chi connectivity index (χ3v) is 16.3. The minimum absolute atomic E-state index is 0.0948. The highest BCUT2D eigenvalue weighted by atomic mass is 28.3. The second kappa shape index (κ2) is 20.7. The van der Waals surface area contributed by atoms with E-state index in [9.17, 15) is 9.59 Å². The van der Waals surface area contributed by atoms with Crippen molar-refractivity contribution in [1.82, 2.24) is 29.3 Å². The molecule has 8 rings (SSSR count). The molecule has 18 heteroatoms. The summed E-state index contributed by atoms with van der Waals surface area (Å²) in [6, 6.07) is 17.3. The Kier molecular flexibility index (Phi) is 15.9. The number of benzene rings is 2. The molecule has 4 aromatic rings. The first kappa shape index (κ1) is 55.3. The third kappa shape index (κ3) is 12.9. The number of aromatic amines is 1. The summed E-state index contributed by atoms with van der Waals surface area (Å²) in [5.41, 5.74) is 3.30. The number of nitrogens with one attached hydrogen (secondary N) is 1. The number of likely N-dealkylation sites (tertiary alicyclic amines) is 2. The fourth-order valence-electron chi connectivity index (χ4n) is 8.96. The third-order valence-electron chi connectivity index (χ3n) is 14.6. The van der Waals surface area contributed by atoms with Crippen LogP contribution in [0.1, 0.15) is 146 Å². The van der Waals surface area contributed by atoms with Crippen LogP contribution in [0.3, 0.4) is 0 Å². The van der Waals surface area contributed by atoms with Gasteiger partial charge in [0.15, 0.2) is 0 Å². The number of nitrogens with zero attached hydrogens (tertiary/aromatic N) is 5. The van der Waals surface area contributed by atoms with E-state index in [1.807, 2.05) is 83.1 Å². The molecule has 1 N–H and O–H groups in total. The first-order valence-electron chi connectivity index (χ1n) is 25.9. The highest BCUT2D eigenvalue weighted by molar-refractivity contribution is 6.76. The monoisotopic (exact) mass is 1010 g/mol. The van der Waals surface area contributed by atoms with E-state index in [0.29, 0.717) is 26.4 Å². The molecule has 0 aliphatic carbocycles. The molecule has 2 aromatic heterocycles. The summed E-state index contributed by atoms with van der Waals surface area (Å²) >= 11 is 0. The van der Waals surface area contributed by atoms with Gasteiger partial charge in [-0.05, 0) is 151 Å². The topological polar surface area (TPSA) is 152 Å². The van der Waals surface area contributed by atoms with Crippen LogP contribution in [0.15, 0.2) is 60.9 Å². The van der Waals surface area contributed by atoms with Gasteiger partial charge in [0.05, 0.1) is 58.3 Å². The van der Waals surface area contributed by atoms with Gasteiger partial charge in [0.1, 0.15) is 29.6 Å². The first-order valence-corrected chi connectivity index (χ1v) is 29.6. The van der Waals surface area contributed by atoms with Gasteiger partial charge in [-0.15, -0.1) is 0 Å². The molecule has 392 valence electrons. The summed E-state index contributed by atoms with van der Waals surface area (Å²) in [6.07, 6.45) is 6.69. The Hall–Kier alpha value is -4.45. The smallest absolute Gasteiger partial charge is 0.444 e. The van der Waals surface area contributed by atoms with Crippen LogP contribution in [0, 0.1) is 0 Å².